The van der Waals surface area contributed by atoms with Gasteiger partial charge in [-0.25, -0.2) is 8.42 Å². The van der Waals surface area contributed by atoms with Crippen molar-refractivity contribution in [1.82, 2.24) is 14.2 Å². The van der Waals surface area contributed by atoms with E-state index in [9.17, 15) is 23.1 Å². The lowest BCUT2D eigenvalue weighted by Crippen LogP contribution is -2.48. The van der Waals surface area contributed by atoms with Crippen LogP contribution in [-0.2, 0) is 14.8 Å². The number of halogens is 1. The molecule has 0 fully saturated rings. The van der Waals surface area contributed by atoms with E-state index in [-0.39, 0.29) is 48.1 Å². The van der Waals surface area contributed by atoms with Gasteiger partial charge in [0.2, 0.25) is 10.0 Å². The molecule has 2 N–H and O–H groups in total. The predicted octanol–water partition coefficient (Wildman–Crippen LogP) is 5.10. The summed E-state index contributed by atoms with van der Waals surface area (Å²) in [6, 6.07) is 13.5. The zero-order chi connectivity index (χ0) is 34.1. The second-order valence-corrected chi connectivity index (χ2v) is 14.4. The van der Waals surface area contributed by atoms with Crippen LogP contribution in [0.15, 0.2) is 71.9 Å². The molecule has 1 aliphatic heterocycles. The lowest BCUT2D eigenvalue weighted by molar-refractivity contribution is -0.00834. The number of sulfonamides is 1. The molecule has 0 unspecified atom stereocenters. The van der Waals surface area contributed by atoms with Gasteiger partial charge in [0.1, 0.15) is 5.75 Å². The zero-order valence-electron chi connectivity index (χ0n) is 27.1. The maximum absolute atomic E-state index is 14.3. The fourth-order valence-electron chi connectivity index (χ4n) is 5.31. The van der Waals surface area contributed by atoms with E-state index >= 15 is 0 Å². The van der Waals surface area contributed by atoms with Crippen LogP contribution in [0.2, 0.25) is 5.02 Å². The second-order valence-electron chi connectivity index (χ2n) is 11.9. The van der Waals surface area contributed by atoms with Crippen molar-refractivity contribution in [2.45, 2.75) is 63.2 Å². The number of nitrogens with one attached hydrogen (secondary N) is 1. The summed E-state index contributed by atoms with van der Waals surface area (Å²) in [5, 5.41) is 13.5. The summed E-state index contributed by atoms with van der Waals surface area (Å²) in [4.78, 5) is 32.8. The van der Waals surface area contributed by atoms with Gasteiger partial charge in [0, 0.05) is 61.3 Å². The van der Waals surface area contributed by atoms with E-state index in [4.69, 9.17) is 21.1 Å². The Bertz CT molecular complexity index is 1610. The molecule has 3 aromatic rings. The number of hydrogen-bond acceptors (Lipinski definition) is 8. The maximum Gasteiger partial charge on any atom is 0.258 e. The summed E-state index contributed by atoms with van der Waals surface area (Å²) in [7, 11) is -2.35. The van der Waals surface area contributed by atoms with Crippen LogP contribution in [0.5, 0.6) is 5.75 Å². The summed E-state index contributed by atoms with van der Waals surface area (Å²) in [5.74, 6) is -0.733. The molecule has 4 atom stereocenters. The first kappa shape index (κ1) is 36.3. The molecule has 2 heterocycles. The van der Waals surface area contributed by atoms with Crippen LogP contribution in [0.25, 0.3) is 0 Å². The lowest BCUT2D eigenvalue weighted by atomic mass is 10.0. The maximum atomic E-state index is 14.3. The Labute approximate surface area is 281 Å². The molecule has 47 heavy (non-hydrogen) atoms. The first-order valence-corrected chi connectivity index (χ1v) is 17.5. The molecular weight excluding hydrogens is 644 g/mol. The number of likely N-dealkylation sites (N-methyl/N-ethyl adjacent to an activating group) is 1. The number of carbonyl (C=O) groups is 2. The van der Waals surface area contributed by atoms with E-state index in [2.05, 4.69) is 10.3 Å². The number of nitrogens with zero attached hydrogens (tertiary/aromatic N) is 3. The Morgan fingerprint density at radius 1 is 1.13 bits per heavy atom. The second kappa shape index (κ2) is 16.5. The van der Waals surface area contributed by atoms with Crippen molar-refractivity contribution in [3.8, 4) is 5.75 Å². The molecule has 4 rings (SSSR count). The van der Waals surface area contributed by atoms with E-state index in [0.29, 0.717) is 35.1 Å². The van der Waals surface area contributed by atoms with Crippen LogP contribution < -0.4 is 10.1 Å². The number of carbonyl (C=O) groups excluding carboxylic acids is 2. The number of aromatic nitrogens is 1. The smallest absolute Gasteiger partial charge is 0.258 e. The fourth-order valence-corrected chi connectivity index (χ4v) is 6.62. The van der Waals surface area contributed by atoms with E-state index < -0.39 is 28.1 Å². The van der Waals surface area contributed by atoms with Crippen molar-refractivity contribution in [3.63, 3.8) is 0 Å². The summed E-state index contributed by atoms with van der Waals surface area (Å²) in [6.07, 6.45) is 4.47. The monoisotopic (exact) mass is 686 g/mol. The summed E-state index contributed by atoms with van der Waals surface area (Å²) >= 11 is 5.98. The van der Waals surface area contributed by atoms with E-state index in [1.54, 1.807) is 42.2 Å². The van der Waals surface area contributed by atoms with Crippen molar-refractivity contribution >= 4 is 39.1 Å². The Hall–Kier alpha value is -3.55. The van der Waals surface area contributed by atoms with Crippen LogP contribution >= 0.6 is 11.6 Å². The van der Waals surface area contributed by atoms with E-state index in [0.717, 1.165) is 12.8 Å². The number of hydrogen-bond donors (Lipinski definition) is 2. The Balaban J connectivity index is 1.65. The fraction of sp³-hybridized carbons (Fsp3) is 0.441. The molecule has 0 bridgehead atoms. The number of benzene rings is 2. The molecule has 0 spiro atoms. The topological polar surface area (TPSA) is 138 Å². The highest BCUT2D eigenvalue weighted by molar-refractivity contribution is 7.89. The van der Waals surface area contributed by atoms with Gasteiger partial charge < -0.3 is 24.8 Å². The standard InChI is InChI=1S/C34H43ClN4O7S/c1-23-20-39(24(2)22-40)34(42)30-19-28(37-33(41)26-14-16-36-17-15-26)10-13-31(30)46-25(3)7-5-6-18-45-32(23)21-38(4)47(43,44)29-11-8-27(35)9-12-29/h8-17,19,23-25,32,40H,5-7,18,20-22H2,1-4H3,(H,37,41)/t23-,24-,25+,32+/m0/s1. The van der Waals surface area contributed by atoms with Crippen molar-refractivity contribution < 1.29 is 32.6 Å². The van der Waals surface area contributed by atoms with Gasteiger partial charge in [-0.3, -0.25) is 14.6 Å². The minimum absolute atomic E-state index is 0.0446. The molecule has 0 radical (unpaired) electrons. The number of aliphatic hydroxyl groups excluding tert-OH is 1. The van der Waals surface area contributed by atoms with Gasteiger partial charge in [0.25, 0.3) is 11.8 Å². The van der Waals surface area contributed by atoms with Crippen LogP contribution in [0, 0.1) is 5.92 Å². The third-order valence-electron chi connectivity index (χ3n) is 8.21. The molecule has 1 aromatic heterocycles. The SMILES string of the molecule is C[C@@H]1CCCCO[C@H](CN(C)S(=O)(=O)c2ccc(Cl)cc2)[C@@H](C)CN([C@@H](C)CO)C(=O)c2cc(NC(=O)c3ccncc3)ccc2O1. The Morgan fingerprint density at radius 3 is 2.51 bits per heavy atom. The predicted molar refractivity (Wildman–Crippen MR) is 180 cm³/mol. The van der Waals surface area contributed by atoms with Crippen molar-refractivity contribution in [2.24, 2.45) is 5.92 Å². The van der Waals surface area contributed by atoms with Gasteiger partial charge in [-0.05, 0) is 87.7 Å². The van der Waals surface area contributed by atoms with Gasteiger partial charge in [0.15, 0.2) is 0 Å². The van der Waals surface area contributed by atoms with Crippen molar-refractivity contribution in [2.75, 3.05) is 38.7 Å². The number of ether oxygens (including phenoxy) is 2. The Morgan fingerprint density at radius 2 is 1.83 bits per heavy atom. The first-order valence-electron chi connectivity index (χ1n) is 15.7. The number of fused-ring (bicyclic) bond motifs is 1. The summed E-state index contributed by atoms with van der Waals surface area (Å²) in [6.45, 7) is 5.85. The molecule has 2 amide bonds. The first-order chi connectivity index (χ1) is 22.4. The number of amides is 2. The van der Waals surface area contributed by atoms with Crippen molar-refractivity contribution in [3.05, 3.63) is 83.1 Å². The molecular formula is C34H43ClN4O7S. The van der Waals surface area contributed by atoms with Gasteiger partial charge >= 0.3 is 0 Å². The third kappa shape index (κ3) is 9.51. The molecule has 254 valence electrons. The average molecular weight is 687 g/mol. The van der Waals surface area contributed by atoms with Crippen molar-refractivity contribution in [1.29, 1.82) is 0 Å². The molecule has 2 aromatic carbocycles. The Kier molecular flexibility index (Phi) is 12.8. The van der Waals surface area contributed by atoms with Gasteiger partial charge in [-0.15, -0.1) is 0 Å². The van der Waals surface area contributed by atoms with Gasteiger partial charge in [-0.2, -0.15) is 4.31 Å². The number of anilines is 1. The number of pyridine rings is 1. The summed E-state index contributed by atoms with van der Waals surface area (Å²) < 4.78 is 40.6. The molecule has 1 aliphatic rings. The quantitative estimate of drug-likeness (QED) is 0.334. The highest BCUT2D eigenvalue weighted by Crippen LogP contribution is 2.29. The molecule has 0 saturated heterocycles. The largest absolute Gasteiger partial charge is 0.490 e. The molecule has 0 saturated carbocycles. The molecule has 0 aliphatic carbocycles. The minimum atomic E-state index is -3.85. The highest BCUT2D eigenvalue weighted by atomic mass is 35.5. The lowest BCUT2D eigenvalue weighted by Gasteiger charge is -2.35. The summed E-state index contributed by atoms with van der Waals surface area (Å²) in [5.41, 5.74) is 1.04. The normalized spacial score (nSPS) is 20.5. The van der Waals surface area contributed by atoms with E-state index in [1.165, 1.54) is 48.0 Å². The van der Waals surface area contributed by atoms with E-state index in [1.807, 2.05) is 13.8 Å². The average Bonchev–Trinajstić information content (AvgIpc) is 3.06. The van der Waals surface area contributed by atoms with Crippen LogP contribution in [0.3, 0.4) is 0 Å². The number of aliphatic hydroxyl groups is 1. The van der Waals surface area contributed by atoms with Gasteiger partial charge in [0.05, 0.1) is 35.3 Å². The minimum Gasteiger partial charge on any atom is -0.490 e. The zero-order valence-corrected chi connectivity index (χ0v) is 28.7. The van der Waals surface area contributed by atoms with Crippen LogP contribution in [0.4, 0.5) is 5.69 Å². The number of rotatable bonds is 8. The highest BCUT2D eigenvalue weighted by Gasteiger charge is 2.32. The third-order valence-corrected chi connectivity index (χ3v) is 10.3. The molecule has 11 nitrogen and oxygen atoms in total. The van der Waals surface area contributed by atoms with Crippen LogP contribution in [-0.4, -0.2) is 91.1 Å². The van der Waals surface area contributed by atoms with Crippen LogP contribution in [0.1, 0.15) is 60.7 Å². The molecule has 13 heteroatoms. The van der Waals surface area contributed by atoms with Gasteiger partial charge in [-0.1, -0.05) is 18.5 Å².